The van der Waals surface area contributed by atoms with Crippen molar-refractivity contribution in [1.29, 1.82) is 0 Å². The Bertz CT molecular complexity index is 1240. The molecule has 0 radical (unpaired) electrons. The molecule has 0 saturated carbocycles. The molecule has 0 saturated heterocycles. The molecule has 136 valence electrons. The monoisotopic (exact) mass is 491 g/mol. The number of hydrogen-bond acceptors (Lipinski definition) is 2. The molecule has 0 bridgehead atoms. The highest BCUT2D eigenvalue weighted by atomic mass is 127. The van der Waals surface area contributed by atoms with Crippen LogP contribution in [0.1, 0.15) is 5.56 Å². The SMILES string of the molecule is Cc1ccc(S(=O)(=O)n2c(-c3ccc(F)cc3)c(I)c3ccccc32)cc1. The Morgan fingerprint density at radius 1 is 0.889 bits per heavy atom. The highest BCUT2D eigenvalue weighted by molar-refractivity contribution is 14.1. The van der Waals surface area contributed by atoms with Gasteiger partial charge < -0.3 is 0 Å². The fourth-order valence-electron chi connectivity index (χ4n) is 3.09. The Morgan fingerprint density at radius 2 is 1.52 bits per heavy atom. The van der Waals surface area contributed by atoms with E-state index in [2.05, 4.69) is 22.6 Å². The van der Waals surface area contributed by atoms with Crippen molar-refractivity contribution in [2.75, 3.05) is 0 Å². The van der Waals surface area contributed by atoms with Crippen molar-refractivity contribution in [1.82, 2.24) is 3.97 Å². The van der Waals surface area contributed by atoms with Crippen LogP contribution in [0.3, 0.4) is 0 Å². The number of benzene rings is 3. The number of aromatic nitrogens is 1. The molecule has 3 aromatic carbocycles. The number of para-hydroxylation sites is 1. The largest absolute Gasteiger partial charge is 0.268 e. The summed E-state index contributed by atoms with van der Waals surface area (Å²) in [4.78, 5) is 0.216. The summed E-state index contributed by atoms with van der Waals surface area (Å²) in [7, 11) is -3.83. The van der Waals surface area contributed by atoms with Crippen LogP contribution in [0.15, 0.2) is 77.7 Å². The van der Waals surface area contributed by atoms with Crippen LogP contribution in [-0.2, 0) is 10.0 Å². The van der Waals surface area contributed by atoms with Crippen molar-refractivity contribution in [3.8, 4) is 11.3 Å². The first-order valence-corrected chi connectivity index (χ1v) is 10.8. The van der Waals surface area contributed by atoms with E-state index in [0.717, 1.165) is 14.5 Å². The highest BCUT2D eigenvalue weighted by Crippen LogP contribution is 2.37. The zero-order chi connectivity index (χ0) is 19.2. The first-order chi connectivity index (χ1) is 12.9. The van der Waals surface area contributed by atoms with Gasteiger partial charge in [0.2, 0.25) is 0 Å². The summed E-state index contributed by atoms with van der Waals surface area (Å²) in [6.07, 6.45) is 0. The minimum atomic E-state index is -3.83. The molecule has 3 nitrogen and oxygen atoms in total. The lowest BCUT2D eigenvalue weighted by molar-refractivity contribution is 0.589. The van der Waals surface area contributed by atoms with Gasteiger partial charge in [-0.3, -0.25) is 0 Å². The van der Waals surface area contributed by atoms with Gasteiger partial charge in [0.05, 0.1) is 16.1 Å². The van der Waals surface area contributed by atoms with Crippen LogP contribution in [0.5, 0.6) is 0 Å². The quantitative estimate of drug-likeness (QED) is 0.350. The van der Waals surface area contributed by atoms with E-state index in [1.807, 2.05) is 25.1 Å². The molecule has 1 heterocycles. The van der Waals surface area contributed by atoms with Gasteiger partial charge in [-0.05, 0) is 72.0 Å². The number of fused-ring (bicyclic) bond motifs is 1. The molecular weight excluding hydrogens is 476 g/mol. The van der Waals surface area contributed by atoms with E-state index in [1.54, 1.807) is 42.5 Å². The van der Waals surface area contributed by atoms with Crippen molar-refractivity contribution >= 4 is 43.5 Å². The Labute approximate surface area is 170 Å². The molecule has 0 aliphatic carbocycles. The summed E-state index contributed by atoms with van der Waals surface area (Å²) >= 11 is 2.16. The van der Waals surface area contributed by atoms with Gasteiger partial charge in [0.15, 0.2) is 0 Å². The molecule has 6 heteroatoms. The predicted molar refractivity (Wildman–Crippen MR) is 114 cm³/mol. The van der Waals surface area contributed by atoms with Gasteiger partial charge >= 0.3 is 0 Å². The summed E-state index contributed by atoms with van der Waals surface area (Å²) in [5, 5.41) is 0.841. The normalized spacial score (nSPS) is 11.8. The van der Waals surface area contributed by atoms with E-state index in [-0.39, 0.29) is 10.7 Å². The summed E-state index contributed by atoms with van der Waals surface area (Å²) in [6.45, 7) is 1.91. The van der Waals surface area contributed by atoms with Gasteiger partial charge in [-0.15, -0.1) is 0 Å². The summed E-state index contributed by atoms with van der Waals surface area (Å²) in [5.41, 5.74) is 2.77. The summed E-state index contributed by atoms with van der Waals surface area (Å²) in [5.74, 6) is -0.363. The minimum absolute atomic E-state index is 0.216. The lowest BCUT2D eigenvalue weighted by Gasteiger charge is -2.13. The fraction of sp³-hybridized carbons (Fsp3) is 0.0476. The van der Waals surface area contributed by atoms with Crippen LogP contribution in [0.2, 0.25) is 0 Å². The first kappa shape index (κ1) is 18.2. The Kier molecular flexibility index (Phi) is 4.55. The lowest BCUT2D eigenvalue weighted by atomic mass is 10.1. The van der Waals surface area contributed by atoms with Crippen molar-refractivity contribution in [2.45, 2.75) is 11.8 Å². The molecular formula is C21H15FINO2S. The first-order valence-electron chi connectivity index (χ1n) is 8.27. The van der Waals surface area contributed by atoms with Crippen LogP contribution in [0.25, 0.3) is 22.2 Å². The molecule has 1 aromatic heterocycles. The van der Waals surface area contributed by atoms with Crippen molar-refractivity contribution in [3.63, 3.8) is 0 Å². The molecule has 0 N–H and O–H groups in total. The van der Waals surface area contributed by atoms with Crippen LogP contribution in [0.4, 0.5) is 4.39 Å². The van der Waals surface area contributed by atoms with Gasteiger partial charge in [0.25, 0.3) is 10.0 Å². The zero-order valence-electron chi connectivity index (χ0n) is 14.4. The van der Waals surface area contributed by atoms with Crippen LogP contribution in [-0.4, -0.2) is 12.4 Å². The molecule has 0 atom stereocenters. The maximum absolute atomic E-state index is 13.5. The molecule has 4 aromatic rings. The van der Waals surface area contributed by atoms with Gasteiger partial charge in [-0.2, -0.15) is 0 Å². The lowest BCUT2D eigenvalue weighted by Crippen LogP contribution is -2.14. The van der Waals surface area contributed by atoms with Gasteiger partial charge in [0, 0.05) is 14.5 Å². The standard InChI is InChI=1S/C21H15FINO2S/c1-14-6-12-17(13-7-14)27(25,26)24-19-5-3-2-4-18(19)20(23)21(24)15-8-10-16(22)11-9-15/h2-13H,1H3. The highest BCUT2D eigenvalue weighted by Gasteiger charge is 2.26. The van der Waals surface area contributed by atoms with E-state index in [9.17, 15) is 12.8 Å². The topological polar surface area (TPSA) is 39.1 Å². The van der Waals surface area contributed by atoms with Gasteiger partial charge in [0.1, 0.15) is 5.82 Å². The van der Waals surface area contributed by atoms with Crippen LogP contribution < -0.4 is 0 Å². The van der Waals surface area contributed by atoms with Crippen molar-refractivity contribution < 1.29 is 12.8 Å². The molecule has 4 rings (SSSR count). The van der Waals surface area contributed by atoms with Crippen molar-refractivity contribution in [2.24, 2.45) is 0 Å². The number of aryl methyl sites for hydroxylation is 1. The van der Waals surface area contributed by atoms with Crippen molar-refractivity contribution in [3.05, 3.63) is 87.7 Å². The van der Waals surface area contributed by atoms with Gasteiger partial charge in [-0.25, -0.2) is 16.8 Å². The maximum atomic E-state index is 13.5. The van der Waals surface area contributed by atoms with E-state index in [1.165, 1.54) is 16.1 Å². The molecule has 0 fully saturated rings. The Morgan fingerprint density at radius 3 is 2.19 bits per heavy atom. The average Bonchev–Trinajstić information content (AvgIpc) is 2.96. The molecule has 0 spiro atoms. The number of hydrogen-bond donors (Lipinski definition) is 0. The number of halogens is 2. The average molecular weight is 491 g/mol. The Balaban J connectivity index is 2.09. The van der Waals surface area contributed by atoms with Gasteiger partial charge in [-0.1, -0.05) is 35.9 Å². The van der Waals surface area contributed by atoms with E-state index in [0.29, 0.717) is 16.8 Å². The molecule has 0 aliphatic heterocycles. The maximum Gasteiger partial charge on any atom is 0.268 e. The fourth-order valence-corrected chi connectivity index (χ4v) is 5.81. The van der Waals surface area contributed by atoms with E-state index < -0.39 is 10.0 Å². The number of nitrogens with zero attached hydrogens (tertiary/aromatic N) is 1. The summed E-state index contributed by atoms with van der Waals surface area (Å²) < 4.78 is 42.6. The Hall–Kier alpha value is -2.19. The minimum Gasteiger partial charge on any atom is -0.232 e. The summed E-state index contributed by atoms with van der Waals surface area (Å²) in [6, 6.07) is 20.0. The van der Waals surface area contributed by atoms with E-state index in [4.69, 9.17) is 0 Å². The third-order valence-corrected chi connectivity index (χ3v) is 7.27. The zero-order valence-corrected chi connectivity index (χ0v) is 17.3. The smallest absolute Gasteiger partial charge is 0.232 e. The molecule has 0 unspecified atom stereocenters. The molecule has 0 aliphatic rings. The number of rotatable bonds is 3. The predicted octanol–water partition coefficient (Wildman–Crippen LogP) is 5.60. The van der Waals surface area contributed by atoms with E-state index >= 15 is 0 Å². The molecule has 27 heavy (non-hydrogen) atoms. The van der Waals surface area contributed by atoms with Crippen LogP contribution in [0, 0.1) is 16.3 Å². The second-order valence-corrected chi connectivity index (χ2v) is 9.13. The second kappa shape index (κ2) is 6.76. The van der Waals surface area contributed by atoms with Crippen LogP contribution >= 0.6 is 22.6 Å². The molecule has 0 amide bonds. The third-order valence-electron chi connectivity index (χ3n) is 4.45. The third kappa shape index (κ3) is 3.06. The second-order valence-electron chi connectivity index (χ2n) is 6.27.